The van der Waals surface area contributed by atoms with Crippen LogP contribution in [0.1, 0.15) is 16.2 Å². The van der Waals surface area contributed by atoms with E-state index < -0.39 is 0 Å². The maximum atomic E-state index is 12.3. The number of hydrogen-bond acceptors (Lipinski definition) is 3. The van der Waals surface area contributed by atoms with Gasteiger partial charge in [-0.15, -0.1) is 0 Å². The van der Waals surface area contributed by atoms with E-state index in [0.29, 0.717) is 5.69 Å². The summed E-state index contributed by atoms with van der Waals surface area (Å²) in [5.74, 6) is -0.129. The van der Waals surface area contributed by atoms with Gasteiger partial charge in [0.2, 0.25) is 5.78 Å². The Labute approximate surface area is 139 Å². The van der Waals surface area contributed by atoms with Crippen molar-refractivity contribution < 1.29 is 4.79 Å². The lowest BCUT2D eigenvalue weighted by Crippen LogP contribution is -1.98. The zero-order chi connectivity index (χ0) is 16.4. The van der Waals surface area contributed by atoms with Gasteiger partial charge in [0, 0.05) is 10.8 Å². The van der Waals surface area contributed by atoms with E-state index in [0.717, 1.165) is 27.5 Å². The number of carbonyl (C=O) groups is 1. The first kappa shape index (κ1) is 14.3. The van der Waals surface area contributed by atoms with Crippen LogP contribution in [-0.4, -0.2) is 15.8 Å². The summed E-state index contributed by atoms with van der Waals surface area (Å²) in [5, 5.41) is 2.10. The number of pyridine rings is 2. The Bertz CT molecular complexity index is 1080. The van der Waals surface area contributed by atoms with Crippen LogP contribution in [0.25, 0.3) is 27.9 Å². The van der Waals surface area contributed by atoms with Crippen LogP contribution in [0.2, 0.25) is 0 Å². The van der Waals surface area contributed by atoms with E-state index in [9.17, 15) is 4.79 Å². The Morgan fingerprint density at radius 3 is 2.08 bits per heavy atom. The second kappa shape index (κ2) is 6.05. The van der Waals surface area contributed by atoms with E-state index in [1.165, 1.54) is 6.08 Å². The van der Waals surface area contributed by atoms with Crippen LogP contribution >= 0.6 is 0 Å². The fourth-order valence-electron chi connectivity index (χ4n) is 2.62. The summed E-state index contributed by atoms with van der Waals surface area (Å²) in [6.07, 6.45) is 3.25. The first-order chi connectivity index (χ1) is 11.8. The average molecular weight is 310 g/mol. The van der Waals surface area contributed by atoms with Crippen LogP contribution in [0.5, 0.6) is 0 Å². The molecular weight excluding hydrogens is 296 g/mol. The molecule has 0 N–H and O–H groups in total. The van der Waals surface area contributed by atoms with E-state index in [-0.39, 0.29) is 5.78 Å². The molecule has 114 valence electrons. The first-order valence-electron chi connectivity index (χ1n) is 7.74. The van der Waals surface area contributed by atoms with Gasteiger partial charge < -0.3 is 0 Å². The number of benzene rings is 2. The van der Waals surface area contributed by atoms with Crippen molar-refractivity contribution in [3.8, 4) is 0 Å². The zero-order valence-corrected chi connectivity index (χ0v) is 12.9. The molecule has 4 rings (SSSR count). The van der Waals surface area contributed by atoms with Crippen molar-refractivity contribution in [3.05, 3.63) is 90.3 Å². The molecule has 2 heterocycles. The first-order valence-corrected chi connectivity index (χ1v) is 7.74. The number of fused-ring (bicyclic) bond motifs is 2. The molecule has 0 fully saturated rings. The lowest BCUT2D eigenvalue weighted by molar-refractivity contribution is 0.104. The molecule has 24 heavy (non-hydrogen) atoms. The summed E-state index contributed by atoms with van der Waals surface area (Å²) in [6, 6.07) is 23.2. The lowest BCUT2D eigenvalue weighted by Gasteiger charge is -2.00. The number of ketones is 1. The standard InChI is InChI=1S/C21H14N2O/c24-21(20-13-10-16-6-2-4-8-19(16)23-20)14-12-17-11-9-15-5-1-3-7-18(15)22-17/h1-14H. The predicted molar refractivity (Wildman–Crippen MR) is 96.9 cm³/mol. The van der Waals surface area contributed by atoms with E-state index >= 15 is 0 Å². The minimum absolute atomic E-state index is 0.129. The maximum absolute atomic E-state index is 12.3. The topological polar surface area (TPSA) is 42.9 Å². The van der Waals surface area contributed by atoms with Crippen molar-refractivity contribution in [1.29, 1.82) is 0 Å². The summed E-state index contributed by atoms with van der Waals surface area (Å²) in [5.41, 5.74) is 2.92. The number of nitrogens with zero attached hydrogens (tertiary/aromatic N) is 2. The van der Waals surface area contributed by atoms with Gasteiger partial charge in [0.1, 0.15) is 5.69 Å². The fourth-order valence-corrected chi connectivity index (χ4v) is 2.62. The van der Waals surface area contributed by atoms with E-state index in [2.05, 4.69) is 9.97 Å². The third-order valence-corrected chi connectivity index (χ3v) is 3.88. The van der Waals surface area contributed by atoms with E-state index in [1.807, 2.05) is 66.7 Å². The molecule has 2 aromatic heterocycles. The molecule has 0 atom stereocenters. The Balaban J connectivity index is 1.62. The molecule has 0 saturated heterocycles. The highest BCUT2D eigenvalue weighted by atomic mass is 16.1. The van der Waals surface area contributed by atoms with E-state index in [4.69, 9.17) is 0 Å². The summed E-state index contributed by atoms with van der Waals surface area (Å²) < 4.78 is 0. The molecule has 4 aromatic rings. The zero-order valence-electron chi connectivity index (χ0n) is 12.9. The molecular formula is C21H14N2O. The normalized spacial score (nSPS) is 11.3. The van der Waals surface area contributed by atoms with Crippen molar-refractivity contribution >= 4 is 33.7 Å². The van der Waals surface area contributed by atoms with Crippen molar-refractivity contribution in [2.24, 2.45) is 0 Å². The van der Waals surface area contributed by atoms with E-state index in [1.54, 1.807) is 12.1 Å². The molecule has 0 unspecified atom stereocenters. The highest BCUT2D eigenvalue weighted by Gasteiger charge is 2.05. The van der Waals surface area contributed by atoms with Gasteiger partial charge in [-0.3, -0.25) is 4.79 Å². The molecule has 0 radical (unpaired) electrons. The molecule has 0 aliphatic heterocycles. The Hall–Kier alpha value is -3.33. The predicted octanol–water partition coefficient (Wildman–Crippen LogP) is 4.68. The quantitative estimate of drug-likeness (QED) is 0.407. The van der Waals surface area contributed by atoms with Gasteiger partial charge in [0.25, 0.3) is 0 Å². The number of hydrogen-bond donors (Lipinski definition) is 0. The molecule has 0 saturated carbocycles. The Kier molecular flexibility index (Phi) is 3.60. The van der Waals surface area contributed by atoms with Crippen molar-refractivity contribution in [2.75, 3.05) is 0 Å². The SMILES string of the molecule is O=C(C=Cc1ccc2ccccc2n1)c1ccc2ccccc2n1. The highest BCUT2D eigenvalue weighted by Crippen LogP contribution is 2.14. The van der Waals surface area contributed by atoms with Gasteiger partial charge in [-0.05, 0) is 36.4 Å². The number of carbonyl (C=O) groups excluding carboxylic acids is 1. The largest absolute Gasteiger partial charge is 0.288 e. The van der Waals surface area contributed by atoms with Gasteiger partial charge in [-0.25, -0.2) is 9.97 Å². The Morgan fingerprint density at radius 2 is 1.33 bits per heavy atom. The number of allylic oxidation sites excluding steroid dienone is 1. The van der Waals surface area contributed by atoms with Gasteiger partial charge in [0.15, 0.2) is 0 Å². The smallest absolute Gasteiger partial charge is 0.204 e. The molecule has 0 aliphatic rings. The third-order valence-electron chi connectivity index (χ3n) is 3.88. The van der Waals surface area contributed by atoms with Gasteiger partial charge in [-0.1, -0.05) is 48.5 Å². The summed E-state index contributed by atoms with van der Waals surface area (Å²) in [4.78, 5) is 21.3. The maximum Gasteiger partial charge on any atom is 0.204 e. The molecule has 3 heteroatoms. The minimum Gasteiger partial charge on any atom is -0.288 e. The summed E-state index contributed by atoms with van der Waals surface area (Å²) in [6.45, 7) is 0. The second-order valence-corrected chi connectivity index (χ2v) is 5.52. The van der Waals surface area contributed by atoms with Crippen molar-refractivity contribution in [2.45, 2.75) is 0 Å². The number of rotatable bonds is 3. The van der Waals surface area contributed by atoms with Crippen molar-refractivity contribution in [1.82, 2.24) is 9.97 Å². The average Bonchev–Trinajstić information content (AvgIpc) is 2.65. The molecule has 0 aliphatic carbocycles. The monoisotopic (exact) mass is 310 g/mol. The van der Waals surface area contributed by atoms with Crippen LogP contribution in [-0.2, 0) is 0 Å². The fraction of sp³-hybridized carbons (Fsp3) is 0. The van der Waals surface area contributed by atoms with Crippen LogP contribution in [0.15, 0.2) is 78.9 Å². The van der Waals surface area contributed by atoms with Crippen molar-refractivity contribution in [3.63, 3.8) is 0 Å². The van der Waals surface area contributed by atoms with Crippen LogP contribution in [0.4, 0.5) is 0 Å². The van der Waals surface area contributed by atoms with Crippen LogP contribution in [0.3, 0.4) is 0 Å². The molecule has 0 bridgehead atoms. The highest BCUT2D eigenvalue weighted by molar-refractivity contribution is 6.06. The lowest BCUT2D eigenvalue weighted by atomic mass is 10.1. The summed E-state index contributed by atoms with van der Waals surface area (Å²) >= 11 is 0. The van der Waals surface area contributed by atoms with Gasteiger partial charge in [-0.2, -0.15) is 0 Å². The van der Waals surface area contributed by atoms with Crippen LogP contribution in [0, 0.1) is 0 Å². The third kappa shape index (κ3) is 2.79. The second-order valence-electron chi connectivity index (χ2n) is 5.52. The molecule has 3 nitrogen and oxygen atoms in total. The molecule has 2 aromatic carbocycles. The minimum atomic E-state index is -0.129. The summed E-state index contributed by atoms with van der Waals surface area (Å²) in [7, 11) is 0. The van der Waals surface area contributed by atoms with Gasteiger partial charge >= 0.3 is 0 Å². The van der Waals surface area contributed by atoms with Gasteiger partial charge in [0.05, 0.1) is 16.7 Å². The Morgan fingerprint density at radius 1 is 0.708 bits per heavy atom. The molecule has 0 spiro atoms. The number of aromatic nitrogens is 2. The number of para-hydroxylation sites is 2. The van der Waals surface area contributed by atoms with Crippen LogP contribution < -0.4 is 0 Å². The molecule has 0 amide bonds.